The predicted molar refractivity (Wildman–Crippen MR) is 146 cm³/mol. The van der Waals surface area contributed by atoms with Crippen LogP contribution in [0.3, 0.4) is 0 Å². The minimum absolute atomic E-state index is 0.0734. The second-order valence-electron chi connectivity index (χ2n) is 10.1. The highest BCUT2D eigenvalue weighted by Gasteiger charge is 2.23. The number of rotatable bonds is 7. The number of carbonyl (C=O) groups excluding carboxylic acids is 1. The molecule has 4 aromatic rings. The maximum Gasteiger partial charge on any atom is 0.251 e. The highest BCUT2D eigenvalue weighted by atomic mass is 16.5. The van der Waals surface area contributed by atoms with Crippen LogP contribution in [0, 0.1) is 5.92 Å². The Morgan fingerprint density at radius 3 is 2.42 bits per heavy atom. The zero-order valence-electron chi connectivity index (χ0n) is 21.3. The van der Waals surface area contributed by atoms with Crippen LogP contribution in [0.4, 0.5) is 0 Å². The molecule has 1 aliphatic rings. The molecule has 184 valence electrons. The number of amides is 1. The lowest BCUT2D eigenvalue weighted by Gasteiger charge is -2.21. The van der Waals surface area contributed by atoms with E-state index in [0.29, 0.717) is 18.0 Å². The van der Waals surface area contributed by atoms with Gasteiger partial charge in [-0.2, -0.15) is 0 Å². The first-order valence-corrected chi connectivity index (χ1v) is 12.9. The van der Waals surface area contributed by atoms with Crippen LogP contribution in [0.25, 0.3) is 16.9 Å². The summed E-state index contributed by atoms with van der Waals surface area (Å²) < 4.78 is 8.08. The first-order valence-electron chi connectivity index (χ1n) is 12.9. The van der Waals surface area contributed by atoms with E-state index in [-0.39, 0.29) is 12.0 Å². The molecule has 1 N–H and O–H groups in total. The summed E-state index contributed by atoms with van der Waals surface area (Å²) in [6.07, 6.45) is 3.54. The number of hydrogen-bond acceptors (Lipinski definition) is 2. The van der Waals surface area contributed by atoms with Gasteiger partial charge in [0, 0.05) is 23.5 Å². The van der Waals surface area contributed by atoms with Gasteiger partial charge < -0.3 is 14.6 Å². The minimum Gasteiger partial charge on any atom is -0.491 e. The predicted octanol–water partition coefficient (Wildman–Crippen LogP) is 6.99. The van der Waals surface area contributed by atoms with Crippen molar-refractivity contribution in [2.24, 2.45) is 5.92 Å². The molecule has 1 aromatic heterocycles. The monoisotopic (exact) mass is 478 g/mol. The maximum atomic E-state index is 12.8. The average Bonchev–Trinajstić information content (AvgIpc) is 3.27. The van der Waals surface area contributed by atoms with Gasteiger partial charge in [0.05, 0.1) is 11.8 Å². The fraction of sp³-hybridized carbons (Fsp3) is 0.281. The molecule has 3 aromatic carbocycles. The number of hydrogen-bond donors (Lipinski definition) is 1. The van der Waals surface area contributed by atoms with Crippen LogP contribution in [0.1, 0.15) is 54.4 Å². The molecule has 0 aliphatic heterocycles. The SMILES string of the molecule is CC(C)Oc1ccc(CNC(=O)c2ccc(-n3c(-c4ccccc4)cc4c3CC[C@H](C)C4)cc2)cc1. The van der Waals surface area contributed by atoms with Gasteiger partial charge >= 0.3 is 0 Å². The number of carbonyl (C=O) groups is 1. The minimum atomic E-state index is -0.0734. The van der Waals surface area contributed by atoms with E-state index in [4.69, 9.17) is 4.74 Å². The van der Waals surface area contributed by atoms with E-state index in [2.05, 4.69) is 65.3 Å². The first-order chi connectivity index (χ1) is 17.5. The zero-order valence-corrected chi connectivity index (χ0v) is 21.3. The van der Waals surface area contributed by atoms with Crippen molar-refractivity contribution < 1.29 is 9.53 Å². The van der Waals surface area contributed by atoms with Gasteiger partial charge in [0.15, 0.2) is 0 Å². The fourth-order valence-electron chi connectivity index (χ4n) is 5.03. The number of fused-ring (bicyclic) bond motifs is 1. The quantitative estimate of drug-likeness (QED) is 0.311. The number of benzene rings is 3. The van der Waals surface area contributed by atoms with Crippen molar-refractivity contribution in [1.82, 2.24) is 9.88 Å². The molecule has 1 heterocycles. The van der Waals surface area contributed by atoms with Crippen LogP contribution in [-0.2, 0) is 19.4 Å². The van der Waals surface area contributed by atoms with Gasteiger partial charge in [-0.05, 0) is 98.2 Å². The van der Waals surface area contributed by atoms with Crippen molar-refractivity contribution in [3.8, 4) is 22.7 Å². The second kappa shape index (κ2) is 10.4. The Bertz CT molecular complexity index is 1320. The topological polar surface area (TPSA) is 43.3 Å². The lowest BCUT2D eigenvalue weighted by molar-refractivity contribution is 0.0951. The Hall–Kier alpha value is -3.79. The summed E-state index contributed by atoms with van der Waals surface area (Å²) in [4.78, 5) is 12.8. The lowest BCUT2D eigenvalue weighted by atomic mass is 9.89. The molecular formula is C32H34N2O2. The van der Waals surface area contributed by atoms with Gasteiger partial charge in [-0.15, -0.1) is 0 Å². The molecule has 0 unspecified atom stereocenters. The molecule has 1 atom stereocenters. The molecule has 0 saturated carbocycles. The second-order valence-corrected chi connectivity index (χ2v) is 10.1. The number of nitrogens with zero attached hydrogens (tertiary/aromatic N) is 1. The largest absolute Gasteiger partial charge is 0.491 e. The Kier molecular flexibility index (Phi) is 6.95. The van der Waals surface area contributed by atoms with Crippen molar-refractivity contribution >= 4 is 5.91 Å². The first kappa shape index (κ1) is 23.9. The normalized spacial score (nSPS) is 14.9. The molecule has 4 nitrogen and oxygen atoms in total. The highest BCUT2D eigenvalue weighted by molar-refractivity contribution is 5.94. The highest BCUT2D eigenvalue weighted by Crippen LogP contribution is 2.35. The summed E-state index contributed by atoms with van der Waals surface area (Å²) in [5.41, 5.74) is 8.07. The number of nitrogens with one attached hydrogen (secondary N) is 1. The number of ether oxygens (including phenoxy) is 1. The van der Waals surface area contributed by atoms with Crippen molar-refractivity contribution in [2.45, 2.75) is 52.7 Å². The average molecular weight is 479 g/mol. The Labute approximate surface area is 213 Å². The third kappa shape index (κ3) is 5.23. The van der Waals surface area contributed by atoms with E-state index in [1.54, 1.807) is 0 Å². The third-order valence-corrected chi connectivity index (χ3v) is 6.84. The molecule has 0 saturated heterocycles. The third-order valence-electron chi connectivity index (χ3n) is 6.84. The Balaban J connectivity index is 1.34. The van der Waals surface area contributed by atoms with Crippen LogP contribution < -0.4 is 10.1 Å². The summed E-state index contributed by atoms with van der Waals surface area (Å²) in [5.74, 6) is 1.48. The Morgan fingerprint density at radius 1 is 1.00 bits per heavy atom. The van der Waals surface area contributed by atoms with Gasteiger partial charge in [0.2, 0.25) is 0 Å². The molecule has 5 rings (SSSR count). The Morgan fingerprint density at radius 2 is 1.72 bits per heavy atom. The van der Waals surface area contributed by atoms with Gasteiger partial charge in [-0.3, -0.25) is 4.79 Å². The molecule has 0 radical (unpaired) electrons. The number of aromatic nitrogens is 1. The summed E-state index contributed by atoms with van der Waals surface area (Å²) >= 11 is 0. The molecule has 1 amide bonds. The smallest absolute Gasteiger partial charge is 0.251 e. The molecular weight excluding hydrogens is 444 g/mol. The molecule has 36 heavy (non-hydrogen) atoms. The molecule has 0 bridgehead atoms. The summed E-state index contributed by atoms with van der Waals surface area (Å²) in [6, 6.07) is 28.8. The van der Waals surface area contributed by atoms with E-state index in [1.165, 1.54) is 28.9 Å². The van der Waals surface area contributed by atoms with E-state index in [1.807, 2.05) is 50.2 Å². The van der Waals surface area contributed by atoms with Crippen LogP contribution in [0.15, 0.2) is 84.9 Å². The molecule has 0 fully saturated rings. The van der Waals surface area contributed by atoms with Gasteiger partial charge in [0.25, 0.3) is 5.91 Å². The van der Waals surface area contributed by atoms with Gasteiger partial charge in [-0.1, -0.05) is 49.4 Å². The van der Waals surface area contributed by atoms with Crippen LogP contribution >= 0.6 is 0 Å². The van der Waals surface area contributed by atoms with Gasteiger partial charge in [0.1, 0.15) is 5.75 Å². The lowest BCUT2D eigenvalue weighted by Crippen LogP contribution is -2.22. The van der Waals surface area contributed by atoms with Crippen LogP contribution in [0.5, 0.6) is 5.75 Å². The van der Waals surface area contributed by atoms with Crippen LogP contribution in [0.2, 0.25) is 0 Å². The van der Waals surface area contributed by atoms with Crippen molar-refractivity contribution in [3.05, 3.63) is 107 Å². The zero-order chi connectivity index (χ0) is 25.1. The summed E-state index contributed by atoms with van der Waals surface area (Å²) in [6.45, 7) is 6.83. The standard InChI is InChI=1S/C32H34N2O2/c1-22(2)36-29-16-10-24(11-17-29)21-33-32(35)26-12-14-28(15-13-26)34-30-18-9-23(3)19-27(30)20-31(34)25-7-5-4-6-8-25/h4-8,10-17,20,22-23H,9,18-19,21H2,1-3H3,(H,33,35)/t23-/m0/s1. The fourth-order valence-corrected chi connectivity index (χ4v) is 5.03. The van der Waals surface area contributed by atoms with E-state index < -0.39 is 0 Å². The van der Waals surface area contributed by atoms with E-state index >= 15 is 0 Å². The summed E-state index contributed by atoms with van der Waals surface area (Å²) in [7, 11) is 0. The van der Waals surface area contributed by atoms with Crippen molar-refractivity contribution in [1.29, 1.82) is 0 Å². The summed E-state index contributed by atoms with van der Waals surface area (Å²) in [5, 5.41) is 3.04. The molecule has 4 heteroatoms. The van der Waals surface area contributed by atoms with Crippen LogP contribution in [-0.4, -0.2) is 16.6 Å². The molecule has 0 spiro atoms. The van der Waals surface area contributed by atoms with Crippen molar-refractivity contribution in [3.63, 3.8) is 0 Å². The maximum absolute atomic E-state index is 12.8. The van der Waals surface area contributed by atoms with E-state index in [9.17, 15) is 4.79 Å². The van der Waals surface area contributed by atoms with E-state index in [0.717, 1.165) is 29.8 Å². The van der Waals surface area contributed by atoms with Gasteiger partial charge in [-0.25, -0.2) is 0 Å². The molecule has 1 aliphatic carbocycles. The van der Waals surface area contributed by atoms with Crippen molar-refractivity contribution in [2.75, 3.05) is 0 Å².